The van der Waals surface area contributed by atoms with Crippen molar-refractivity contribution in [1.82, 2.24) is 15.1 Å². The Labute approximate surface area is 129 Å². The van der Waals surface area contributed by atoms with E-state index in [9.17, 15) is 14.0 Å². The van der Waals surface area contributed by atoms with E-state index in [1.165, 1.54) is 6.07 Å². The SMILES string of the molecule is Cc1ccc(CN2CCN3C(=O)[C@@H](C)NC(=O)[C@H]3C2)cc1F. The summed E-state index contributed by atoms with van der Waals surface area (Å²) in [5, 5.41) is 2.71. The molecule has 118 valence electrons. The van der Waals surface area contributed by atoms with Gasteiger partial charge in [-0.1, -0.05) is 12.1 Å². The number of aryl methyl sites for hydroxylation is 1. The average Bonchev–Trinajstić information content (AvgIpc) is 2.49. The first-order chi connectivity index (χ1) is 10.5. The van der Waals surface area contributed by atoms with Crippen molar-refractivity contribution in [3.8, 4) is 0 Å². The molecule has 0 aromatic heterocycles. The number of fused-ring (bicyclic) bond motifs is 1. The van der Waals surface area contributed by atoms with Gasteiger partial charge in [-0.05, 0) is 31.0 Å². The van der Waals surface area contributed by atoms with Crippen LogP contribution in [0.15, 0.2) is 18.2 Å². The molecule has 0 radical (unpaired) electrons. The Morgan fingerprint density at radius 3 is 2.82 bits per heavy atom. The largest absolute Gasteiger partial charge is 0.343 e. The van der Waals surface area contributed by atoms with E-state index in [2.05, 4.69) is 10.2 Å². The maximum atomic E-state index is 13.6. The molecule has 0 spiro atoms. The summed E-state index contributed by atoms with van der Waals surface area (Å²) in [6, 6.07) is 4.32. The van der Waals surface area contributed by atoms with Crippen LogP contribution < -0.4 is 5.32 Å². The third-order valence-corrected chi connectivity index (χ3v) is 4.42. The van der Waals surface area contributed by atoms with Crippen molar-refractivity contribution in [2.75, 3.05) is 19.6 Å². The van der Waals surface area contributed by atoms with Crippen LogP contribution in [0.5, 0.6) is 0 Å². The molecule has 22 heavy (non-hydrogen) atoms. The number of hydrogen-bond acceptors (Lipinski definition) is 3. The van der Waals surface area contributed by atoms with Crippen LogP contribution >= 0.6 is 0 Å². The Kier molecular flexibility index (Phi) is 3.87. The highest BCUT2D eigenvalue weighted by Gasteiger charge is 2.41. The van der Waals surface area contributed by atoms with Gasteiger partial charge in [-0.15, -0.1) is 0 Å². The summed E-state index contributed by atoms with van der Waals surface area (Å²) in [4.78, 5) is 27.9. The van der Waals surface area contributed by atoms with Gasteiger partial charge in [-0.25, -0.2) is 4.39 Å². The summed E-state index contributed by atoms with van der Waals surface area (Å²) in [6.45, 7) is 5.74. The van der Waals surface area contributed by atoms with E-state index in [1.807, 2.05) is 6.07 Å². The average molecular weight is 305 g/mol. The van der Waals surface area contributed by atoms with Gasteiger partial charge in [-0.3, -0.25) is 14.5 Å². The third-order valence-electron chi connectivity index (χ3n) is 4.42. The molecule has 1 N–H and O–H groups in total. The molecule has 6 heteroatoms. The fourth-order valence-corrected chi connectivity index (χ4v) is 3.08. The van der Waals surface area contributed by atoms with Gasteiger partial charge < -0.3 is 10.2 Å². The summed E-state index contributed by atoms with van der Waals surface area (Å²) in [7, 11) is 0. The Morgan fingerprint density at radius 1 is 1.32 bits per heavy atom. The number of halogens is 1. The van der Waals surface area contributed by atoms with Gasteiger partial charge in [0.15, 0.2) is 0 Å². The summed E-state index contributed by atoms with van der Waals surface area (Å²) < 4.78 is 13.6. The van der Waals surface area contributed by atoms with Crippen LogP contribution in [-0.4, -0.2) is 53.3 Å². The predicted molar refractivity (Wildman–Crippen MR) is 79.5 cm³/mol. The number of rotatable bonds is 2. The normalized spacial score (nSPS) is 25.9. The minimum atomic E-state index is -0.443. The summed E-state index contributed by atoms with van der Waals surface area (Å²) in [5.74, 6) is -0.340. The lowest BCUT2D eigenvalue weighted by Gasteiger charge is -2.44. The van der Waals surface area contributed by atoms with Crippen molar-refractivity contribution in [1.29, 1.82) is 0 Å². The molecule has 0 unspecified atom stereocenters. The lowest BCUT2D eigenvalue weighted by atomic mass is 10.0. The van der Waals surface area contributed by atoms with Gasteiger partial charge >= 0.3 is 0 Å². The van der Waals surface area contributed by atoms with E-state index in [-0.39, 0.29) is 17.6 Å². The van der Waals surface area contributed by atoms with Crippen LogP contribution in [-0.2, 0) is 16.1 Å². The molecule has 2 fully saturated rings. The molecule has 1 aromatic carbocycles. The standard InChI is InChI=1S/C16H20FN3O2/c1-10-3-4-12(7-13(10)17)8-19-5-6-20-14(9-19)15(21)18-11(2)16(20)22/h3-4,7,11,14H,5-6,8-9H2,1-2H3,(H,18,21)/t11-,14-/m1/s1. The van der Waals surface area contributed by atoms with Crippen molar-refractivity contribution < 1.29 is 14.0 Å². The van der Waals surface area contributed by atoms with E-state index >= 15 is 0 Å². The van der Waals surface area contributed by atoms with E-state index in [0.29, 0.717) is 31.7 Å². The van der Waals surface area contributed by atoms with E-state index < -0.39 is 12.1 Å². The predicted octanol–water partition coefficient (Wildman–Crippen LogP) is 0.665. The zero-order valence-corrected chi connectivity index (χ0v) is 12.8. The topological polar surface area (TPSA) is 52.6 Å². The molecule has 2 aliphatic heterocycles. The maximum Gasteiger partial charge on any atom is 0.245 e. The minimum Gasteiger partial charge on any atom is -0.343 e. The second kappa shape index (κ2) is 5.68. The molecule has 2 aliphatic rings. The van der Waals surface area contributed by atoms with Crippen LogP contribution in [0.1, 0.15) is 18.1 Å². The van der Waals surface area contributed by atoms with Crippen molar-refractivity contribution in [2.45, 2.75) is 32.5 Å². The Hall–Kier alpha value is -1.95. The van der Waals surface area contributed by atoms with Crippen molar-refractivity contribution in [3.05, 3.63) is 35.1 Å². The molecule has 2 atom stereocenters. The highest BCUT2D eigenvalue weighted by Crippen LogP contribution is 2.18. The van der Waals surface area contributed by atoms with Crippen LogP contribution in [0.3, 0.4) is 0 Å². The minimum absolute atomic E-state index is 0.0226. The number of carbonyl (C=O) groups excluding carboxylic acids is 2. The quantitative estimate of drug-likeness (QED) is 0.873. The Balaban J connectivity index is 1.70. The second-order valence-corrected chi connectivity index (χ2v) is 6.10. The van der Waals surface area contributed by atoms with Gasteiger partial charge in [0.2, 0.25) is 11.8 Å². The monoisotopic (exact) mass is 305 g/mol. The number of nitrogens with one attached hydrogen (secondary N) is 1. The first kappa shape index (κ1) is 15.0. The summed E-state index contributed by atoms with van der Waals surface area (Å²) >= 11 is 0. The highest BCUT2D eigenvalue weighted by molar-refractivity contribution is 5.97. The molecular weight excluding hydrogens is 285 g/mol. The number of hydrogen-bond donors (Lipinski definition) is 1. The molecule has 2 saturated heterocycles. The van der Waals surface area contributed by atoms with Crippen molar-refractivity contribution in [2.24, 2.45) is 0 Å². The lowest BCUT2D eigenvalue weighted by molar-refractivity contribution is -0.152. The first-order valence-electron chi connectivity index (χ1n) is 7.54. The Bertz CT molecular complexity index is 619. The van der Waals surface area contributed by atoms with E-state index in [4.69, 9.17) is 0 Å². The van der Waals surface area contributed by atoms with Crippen molar-refractivity contribution >= 4 is 11.8 Å². The van der Waals surface area contributed by atoms with Gasteiger partial charge in [-0.2, -0.15) is 0 Å². The zero-order valence-electron chi connectivity index (χ0n) is 12.8. The van der Waals surface area contributed by atoms with Crippen LogP contribution in [0.25, 0.3) is 0 Å². The van der Waals surface area contributed by atoms with E-state index in [1.54, 1.807) is 24.8 Å². The molecule has 1 aromatic rings. The molecule has 5 nitrogen and oxygen atoms in total. The fourth-order valence-electron chi connectivity index (χ4n) is 3.08. The number of benzene rings is 1. The number of nitrogens with zero attached hydrogens (tertiary/aromatic N) is 2. The molecule has 0 bridgehead atoms. The molecule has 2 amide bonds. The van der Waals surface area contributed by atoms with Gasteiger partial charge in [0.25, 0.3) is 0 Å². The van der Waals surface area contributed by atoms with Gasteiger partial charge in [0, 0.05) is 26.2 Å². The Morgan fingerprint density at radius 2 is 2.09 bits per heavy atom. The summed E-state index contributed by atoms with van der Waals surface area (Å²) in [6.07, 6.45) is 0. The number of amides is 2. The van der Waals surface area contributed by atoms with Crippen LogP contribution in [0.4, 0.5) is 4.39 Å². The third kappa shape index (κ3) is 2.70. The molecule has 3 rings (SSSR count). The molecule has 2 heterocycles. The zero-order chi connectivity index (χ0) is 15.9. The van der Waals surface area contributed by atoms with Gasteiger partial charge in [0.1, 0.15) is 17.9 Å². The maximum absolute atomic E-state index is 13.6. The van der Waals surface area contributed by atoms with Crippen LogP contribution in [0.2, 0.25) is 0 Å². The lowest BCUT2D eigenvalue weighted by Crippen LogP contribution is -2.68. The first-order valence-corrected chi connectivity index (χ1v) is 7.54. The summed E-state index contributed by atoms with van der Waals surface area (Å²) in [5.41, 5.74) is 1.51. The number of piperazine rings is 2. The smallest absolute Gasteiger partial charge is 0.245 e. The number of carbonyl (C=O) groups is 2. The van der Waals surface area contributed by atoms with E-state index in [0.717, 1.165) is 5.56 Å². The molecular formula is C16H20FN3O2. The van der Waals surface area contributed by atoms with Crippen LogP contribution in [0, 0.1) is 12.7 Å². The highest BCUT2D eigenvalue weighted by atomic mass is 19.1. The van der Waals surface area contributed by atoms with Crippen molar-refractivity contribution in [3.63, 3.8) is 0 Å². The molecule has 0 aliphatic carbocycles. The van der Waals surface area contributed by atoms with Gasteiger partial charge in [0.05, 0.1) is 0 Å². The second-order valence-electron chi connectivity index (χ2n) is 6.10. The molecule has 0 saturated carbocycles. The fraction of sp³-hybridized carbons (Fsp3) is 0.500.